The largest absolute Gasteiger partial charge is 0.302 e. The van der Waals surface area contributed by atoms with Crippen LogP contribution >= 0.6 is 0 Å². The van der Waals surface area contributed by atoms with Gasteiger partial charge in [-0.2, -0.15) is 0 Å². The van der Waals surface area contributed by atoms with E-state index in [2.05, 4.69) is 0 Å². The number of carbonyl (C=O) groups excluding carboxylic acids is 2. The molecule has 0 radical (unpaired) electrons. The van der Waals surface area contributed by atoms with E-state index < -0.39 is 0 Å². The minimum atomic E-state index is -0.0566. The van der Waals surface area contributed by atoms with Crippen molar-refractivity contribution in [1.29, 1.82) is 0 Å². The van der Waals surface area contributed by atoms with Crippen LogP contribution in [0.5, 0.6) is 0 Å². The van der Waals surface area contributed by atoms with Crippen molar-refractivity contribution in [1.82, 2.24) is 4.90 Å². The third-order valence-electron chi connectivity index (χ3n) is 2.94. The van der Waals surface area contributed by atoms with Gasteiger partial charge in [-0.1, -0.05) is 13.8 Å². The summed E-state index contributed by atoms with van der Waals surface area (Å²) >= 11 is 0. The molecule has 1 aliphatic heterocycles. The van der Waals surface area contributed by atoms with Gasteiger partial charge in [0.2, 0.25) is 0 Å². The van der Waals surface area contributed by atoms with E-state index >= 15 is 0 Å². The Morgan fingerprint density at radius 1 is 1.62 bits per heavy atom. The lowest BCUT2D eigenvalue weighted by molar-refractivity contribution is -0.122. The highest BCUT2D eigenvalue weighted by Gasteiger charge is 2.39. The molecule has 74 valence electrons. The summed E-state index contributed by atoms with van der Waals surface area (Å²) in [4.78, 5) is 24.1. The Hall–Kier alpha value is -0.700. The highest BCUT2D eigenvalue weighted by atomic mass is 16.1. The first-order valence-corrected chi connectivity index (χ1v) is 4.83. The van der Waals surface area contributed by atoms with E-state index in [-0.39, 0.29) is 17.9 Å². The van der Waals surface area contributed by atoms with Crippen molar-refractivity contribution >= 4 is 12.1 Å². The molecule has 3 nitrogen and oxygen atoms in total. The monoisotopic (exact) mass is 183 g/mol. The second-order valence-corrected chi connectivity index (χ2v) is 3.80. The molecule has 1 heterocycles. The van der Waals surface area contributed by atoms with Gasteiger partial charge in [0.25, 0.3) is 0 Å². The highest BCUT2D eigenvalue weighted by Crippen LogP contribution is 2.28. The van der Waals surface area contributed by atoms with Crippen LogP contribution in [0.15, 0.2) is 0 Å². The Labute approximate surface area is 79.1 Å². The maximum absolute atomic E-state index is 11.3. The second-order valence-electron chi connectivity index (χ2n) is 3.80. The number of hydrogen-bond donors (Lipinski definition) is 0. The van der Waals surface area contributed by atoms with Crippen molar-refractivity contribution < 1.29 is 9.59 Å². The molecular formula is C10H17NO2. The molecule has 1 rings (SSSR count). The number of ketones is 1. The maximum Gasteiger partial charge on any atom is 0.146 e. The van der Waals surface area contributed by atoms with E-state index in [1.54, 1.807) is 6.92 Å². The Morgan fingerprint density at radius 2 is 2.23 bits per heavy atom. The van der Waals surface area contributed by atoms with E-state index in [1.165, 1.54) is 0 Å². The molecule has 0 saturated carbocycles. The molecule has 1 saturated heterocycles. The molecule has 3 atom stereocenters. The van der Waals surface area contributed by atoms with Crippen molar-refractivity contribution in [3.8, 4) is 0 Å². The van der Waals surface area contributed by atoms with E-state index in [0.29, 0.717) is 5.92 Å². The molecule has 0 aromatic heterocycles. The van der Waals surface area contributed by atoms with E-state index in [0.717, 1.165) is 19.3 Å². The van der Waals surface area contributed by atoms with Gasteiger partial charge in [0.05, 0.1) is 12.1 Å². The zero-order chi connectivity index (χ0) is 10.0. The summed E-state index contributed by atoms with van der Waals surface area (Å²) in [5.41, 5.74) is 0. The Bertz CT molecular complexity index is 215. The number of aldehydes is 1. The summed E-state index contributed by atoms with van der Waals surface area (Å²) in [5, 5.41) is 0. The fraction of sp³-hybridized carbons (Fsp3) is 0.800. The van der Waals surface area contributed by atoms with Crippen LogP contribution in [0.4, 0.5) is 0 Å². The average Bonchev–Trinajstić information content (AvgIpc) is 2.41. The predicted molar refractivity (Wildman–Crippen MR) is 50.5 cm³/mol. The molecule has 1 fully saturated rings. The lowest BCUT2D eigenvalue weighted by Gasteiger charge is -2.24. The molecule has 0 amide bonds. The Morgan fingerprint density at radius 3 is 2.62 bits per heavy atom. The molecule has 13 heavy (non-hydrogen) atoms. The fourth-order valence-corrected chi connectivity index (χ4v) is 2.20. The normalized spacial score (nSPS) is 34.8. The SMILES string of the molecule is CCN1[C@@H](C(C)=O)C[C@@H](C)[C@@H]1C=O. The first-order chi connectivity index (χ1) is 6.11. The summed E-state index contributed by atoms with van der Waals surface area (Å²) in [6, 6.07) is -0.0888. The summed E-state index contributed by atoms with van der Waals surface area (Å²) in [5.74, 6) is 0.490. The molecule has 0 spiro atoms. The number of carbonyl (C=O) groups is 2. The third-order valence-corrected chi connectivity index (χ3v) is 2.94. The van der Waals surface area contributed by atoms with E-state index in [4.69, 9.17) is 0 Å². The van der Waals surface area contributed by atoms with Gasteiger partial charge in [0.1, 0.15) is 12.1 Å². The number of hydrogen-bond acceptors (Lipinski definition) is 3. The van der Waals surface area contributed by atoms with Crippen LogP contribution < -0.4 is 0 Å². The van der Waals surface area contributed by atoms with Gasteiger partial charge in [-0.25, -0.2) is 0 Å². The molecule has 0 aromatic rings. The number of nitrogens with zero attached hydrogens (tertiary/aromatic N) is 1. The van der Waals surface area contributed by atoms with Crippen LogP contribution in [0.2, 0.25) is 0 Å². The van der Waals surface area contributed by atoms with Gasteiger partial charge >= 0.3 is 0 Å². The standard InChI is InChI=1S/C10H17NO2/c1-4-11-9(8(3)13)5-7(2)10(11)6-12/h6-7,9-10H,4-5H2,1-3H3/t7-,9-,10+/m1/s1. The molecule has 0 bridgehead atoms. The maximum atomic E-state index is 11.3. The van der Waals surface area contributed by atoms with Crippen LogP contribution in [0.1, 0.15) is 27.2 Å². The summed E-state index contributed by atoms with van der Waals surface area (Å²) in [6.45, 7) is 6.40. The lowest BCUT2D eigenvalue weighted by Crippen LogP contribution is -2.41. The molecule has 0 aromatic carbocycles. The van der Waals surface area contributed by atoms with Gasteiger partial charge in [-0.05, 0) is 25.8 Å². The van der Waals surface area contributed by atoms with Crippen molar-refractivity contribution in [3.63, 3.8) is 0 Å². The van der Waals surface area contributed by atoms with Crippen LogP contribution in [0.3, 0.4) is 0 Å². The topological polar surface area (TPSA) is 37.4 Å². The first kappa shape index (κ1) is 10.4. The molecule has 0 N–H and O–H groups in total. The van der Waals surface area contributed by atoms with Gasteiger partial charge in [0.15, 0.2) is 0 Å². The van der Waals surface area contributed by atoms with Crippen molar-refractivity contribution in [3.05, 3.63) is 0 Å². The van der Waals surface area contributed by atoms with Crippen LogP contribution in [-0.4, -0.2) is 35.6 Å². The third kappa shape index (κ3) is 1.80. The number of likely N-dealkylation sites (tertiary alicyclic amines) is 1. The molecule has 1 aliphatic rings. The van der Waals surface area contributed by atoms with Crippen molar-refractivity contribution in [2.75, 3.05) is 6.54 Å². The smallest absolute Gasteiger partial charge is 0.146 e. The minimum absolute atomic E-state index is 0.0322. The van der Waals surface area contributed by atoms with Crippen LogP contribution in [0.25, 0.3) is 0 Å². The fourth-order valence-electron chi connectivity index (χ4n) is 2.20. The van der Waals surface area contributed by atoms with Gasteiger partial charge in [0, 0.05) is 0 Å². The van der Waals surface area contributed by atoms with E-state index in [1.807, 2.05) is 18.7 Å². The number of rotatable bonds is 3. The van der Waals surface area contributed by atoms with Crippen LogP contribution in [-0.2, 0) is 9.59 Å². The van der Waals surface area contributed by atoms with Gasteiger partial charge < -0.3 is 4.79 Å². The predicted octanol–water partition coefficient (Wildman–Crippen LogP) is 0.873. The van der Waals surface area contributed by atoms with Gasteiger partial charge in [-0.3, -0.25) is 9.69 Å². The van der Waals surface area contributed by atoms with E-state index in [9.17, 15) is 9.59 Å². The lowest BCUT2D eigenvalue weighted by atomic mass is 10.0. The molecule has 0 aliphatic carbocycles. The van der Waals surface area contributed by atoms with Crippen LogP contribution in [0, 0.1) is 5.92 Å². The molecular weight excluding hydrogens is 166 g/mol. The number of Topliss-reactive ketones (excluding diaryl/α,β-unsaturated/α-hetero) is 1. The molecule has 0 unspecified atom stereocenters. The Balaban J connectivity index is 2.80. The first-order valence-electron chi connectivity index (χ1n) is 4.83. The van der Waals surface area contributed by atoms with Crippen molar-refractivity contribution in [2.24, 2.45) is 5.92 Å². The van der Waals surface area contributed by atoms with Crippen molar-refractivity contribution in [2.45, 2.75) is 39.3 Å². The summed E-state index contributed by atoms with van der Waals surface area (Å²) in [7, 11) is 0. The average molecular weight is 183 g/mol. The number of likely N-dealkylation sites (N-methyl/N-ethyl adjacent to an activating group) is 1. The molecule has 3 heteroatoms. The summed E-state index contributed by atoms with van der Waals surface area (Å²) < 4.78 is 0. The van der Waals surface area contributed by atoms with Gasteiger partial charge in [-0.15, -0.1) is 0 Å². The Kier molecular flexibility index (Phi) is 3.20. The summed E-state index contributed by atoms with van der Waals surface area (Å²) in [6.07, 6.45) is 1.80. The minimum Gasteiger partial charge on any atom is -0.302 e. The zero-order valence-electron chi connectivity index (χ0n) is 8.49. The quantitative estimate of drug-likeness (QED) is 0.609. The second kappa shape index (κ2) is 4.01. The zero-order valence-corrected chi connectivity index (χ0v) is 8.49. The highest BCUT2D eigenvalue weighted by molar-refractivity contribution is 5.82.